The lowest BCUT2D eigenvalue weighted by atomic mass is 9.97. The van der Waals surface area contributed by atoms with Crippen LogP contribution >= 0.6 is 0 Å². The van der Waals surface area contributed by atoms with E-state index in [2.05, 4.69) is 10.6 Å². The van der Waals surface area contributed by atoms with Crippen LogP contribution in [0.25, 0.3) is 0 Å². The van der Waals surface area contributed by atoms with E-state index in [4.69, 9.17) is 0 Å². The zero-order valence-electron chi connectivity index (χ0n) is 18.9. The second kappa shape index (κ2) is 11.3. The summed E-state index contributed by atoms with van der Waals surface area (Å²) in [4.78, 5) is 40.8. The monoisotopic (exact) mass is 436 g/mol. The summed E-state index contributed by atoms with van der Waals surface area (Å²) < 4.78 is 0. The molecular formula is C25H32N4O3. The zero-order chi connectivity index (χ0) is 22.9. The van der Waals surface area contributed by atoms with Crippen LogP contribution in [-0.2, 0) is 22.6 Å². The summed E-state index contributed by atoms with van der Waals surface area (Å²) in [5, 5.41) is 5.76. The standard InChI is InChI=1S/C25H32N4O3/c1-3-28(4-2)23(30)14-9-15-24(31)29-17-16-21-19(18-29)10-8-13-22(21)27-25(32)26-20-11-6-5-7-12-20/h5-8,10-13H,3-4,9,14-18H2,1-2H3,(H2,26,27,32). The average molecular weight is 437 g/mol. The number of carbonyl (C=O) groups excluding carboxylic acids is 3. The summed E-state index contributed by atoms with van der Waals surface area (Å²) in [6.07, 6.45) is 2.03. The van der Waals surface area contributed by atoms with Crippen LogP contribution in [0.3, 0.4) is 0 Å². The fourth-order valence-electron chi connectivity index (χ4n) is 4.03. The average Bonchev–Trinajstić information content (AvgIpc) is 2.80. The Morgan fingerprint density at radius 1 is 0.938 bits per heavy atom. The molecule has 170 valence electrons. The topological polar surface area (TPSA) is 81.8 Å². The molecule has 7 nitrogen and oxygen atoms in total. The number of anilines is 2. The van der Waals surface area contributed by atoms with Gasteiger partial charge in [0.15, 0.2) is 0 Å². The Bertz CT molecular complexity index is 941. The van der Waals surface area contributed by atoms with Gasteiger partial charge in [-0.05, 0) is 56.0 Å². The molecule has 0 aliphatic carbocycles. The van der Waals surface area contributed by atoms with E-state index in [0.717, 1.165) is 22.5 Å². The molecule has 2 N–H and O–H groups in total. The molecular weight excluding hydrogens is 404 g/mol. The van der Waals surface area contributed by atoms with Crippen molar-refractivity contribution in [2.75, 3.05) is 30.3 Å². The van der Waals surface area contributed by atoms with E-state index < -0.39 is 0 Å². The maximum absolute atomic E-state index is 12.7. The summed E-state index contributed by atoms with van der Waals surface area (Å²) in [5.41, 5.74) is 3.61. The molecule has 0 bridgehead atoms. The van der Waals surface area contributed by atoms with Crippen molar-refractivity contribution in [3.8, 4) is 0 Å². The van der Waals surface area contributed by atoms with Crippen LogP contribution < -0.4 is 10.6 Å². The number of carbonyl (C=O) groups is 3. The van der Waals surface area contributed by atoms with Crippen LogP contribution in [-0.4, -0.2) is 47.3 Å². The number of urea groups is 1. The molecule has 0 unspecified atom stereocenters. The molecule has 1 aliphatic rings. The minimum atomic E-state index is -0.291. The molecule has 3 rings (SSSR count). The van der Waals surface area contributed by atoms with Gasteiger partial charge in [-0.3, -0.25) is 9.59 Å². The lowest BCUT2D eigenvalue weighted by Gasteiger charge is -2.30. The Morgan fingerprint density at radius 2 is 1.69 bits per heavy atom. The lowest BCUT2D eigenvalue weighted by molar-refractivity contribution is -0.133. The first kappa shape index (κ1) is 23.3. The lowest BCUT2D eigenvalue weighted by Crippen LogP contribution is -2.36. The maximum atomic E-state index is 12.7. The third-order valence-corrected chi connectivity index (χ3v) is 5.80. The zero-order valence-corrected chi connectivity index (χ0v) is 18.9. The molecule has 7 heteroatoms. The Kier molecular flexibility index (Phi) is 8.25. The van der Waals surface area contributed by atoms with Gasteiger partial charge in [-0.2, -0.15) is 0 Å². The number of nitrogens with zero attached hydrogens (tertiary/aromatic N) is 2. The van der Waals surface area contributed by atoms with E-state index in [1.807, 2.05) is 67.3 Å². The first-order chi connectivity index (χ1) is 15.5. The minimum Gasteiger partial charge on any atom is -0.343 e. The molecule has 32 heavy (non-hydrogen) atoms. The van der Waals surface area contributed by atoms with E-state index >= 15 is 0 Å². The van der Waals surface area contributed by atoms with Crippen molar-refractivity contribution in [2.24, 2.45) is 0 Å². The molecule has 1 heterocycles. The molecule has 0 saturated carbocycles. The number of rotatable bonds is 8. The van der Waals surface area contributed by atoms with Crippen molar-refractivity contribution in [1.29, 1.82) is 0 Å². The number of nitrogens with one attached hydrogen (secondary N) is 2. The van der Waals surface area contributed by atoms with Crippen molar-refractivity contribution >= 4 is 29.2 Å². The summed E-state index contributed by atoms with van der Waals surface area (Å²) in [6.45, 7) is 6.46. The Hall–Kier alpha value is -3.35. The van der Waals surface area contributed by atoms with Crippen LogP contribution in [0.1, 0.15) is 44.2 Å². The SMILES string of the molecule is CCN(CC)C(=O)CCCC(=O)N1CCc2c(cccc2NC(=O)Nc2ccccc2)C1. The molecule has 0 aromatic heterocycles. The summed E-state index contributed by atoms with van der Waals surface area (Å²) in [6, 6.07) is 14.8. The number of fused-ring (bicyclic) bond motifs is 1. The van der Waals surface area contributed by atoms with Gasteiger partial charge in [0.2, 0.25) is 11.8 Å². The van der Waals surface area contributed by atoms with E-state index in [-0.39, 0.29) is 17.8 Å². The quantitative estimate of drug-likeness (QED) is 0.649. The first-order valence-corrected chi connectivity index (χ1v) is 11.3. The molecule has 2 aromatic rings. The number of amides is 4. The molecule has 0 spiro atoms. The van der Waals surface area contributed by atoms with Gasteiger partial charge < -0.3 is 20.4 Å². The fourth-order valence-corrected chi connectivity index (χ4v) is 4.03. The second-order valence-electron chi connectivity index (χ2n) is 7.87. The maximum Gasteiger partial charge on any atom is 0.323 e. The third kappa shape index (κ3) is 6.09. The van der Waals surface area contributed by atoms with Crippen LogP contribution in [0, 0.1) is 0 Å². The number of hydrogen-bond donors (Lipinski definition) is 2. The first-order valence-electron chi connectivity index (χ1n) is 11.3. The summed E-state index contributed by atoms with van der Waals surface area (Å²) >= 11 is 0. The van der Waals surface area contributed by atoms with Crippen LogP contribution in [0.15, 0.2) is 48.5 Å². The highest BCUT2D eigenvalue weighted by Gasteiger charge is 2.23. The van der Waals surface area contributed by atoms with Crippen LogP contribution in [0.5, 0.6) is 0 Å². The Balaban J connectivity index is 1.54. The third-order valence-electron chi connectivity index (χ3n) is 5.80. The van der Waals surface area contributed by atoms with Crippen molar-refractivity contribution < 1.29 is 14.4 Å². The highest BCUT2D eigenvalue weighted by atomic mass is 16.2. The predicted molar refractivity (Wildman–Crippen MR) is 126 cm³/mol. The second-order valence-corrected chi connectivity index (χ2v) is 7.87. The van der Waals surface area contributed by atoms with Crippen LogP contribution in [0.4, 0.5) is 16.2 Å². The van der Waals surface area contributed by atoms with E-state index in [1.54, 1.807) is 4.90 Å². The van der Waals surface area contributed by atoms with Gasteiger partial charge >= 0.3 is 6.03 Å². The largest absolute Gasteiger partial charge is 0.343 e. The molecule has 0 fully saturated rings. The normalized spacial score (nSPS) is 12.6. The van der Waals surface area contributed by atoms with Crippen molar-refractivity contribution in [3.63, 3.8) is 0 Å². The summed E-state index contributed by atoms with van der Waals surface area (Å²) in [5.74, 6) is 0.180. The van der Waals surface area contributed by atoms with Gasteiger partial charge in [0, 0.05) is 50.4 Å². The fraction of sp³-hybridized carbons (Fsp3) is 0.400. The van der Waals surface area contributed by atoms with Gasteiger partial charge in [-0.1, -0.05) is 30.3 Å². The number of hydrogen-bond acceptors (Lipinski definition) is 3. The number of para-hydroxylation sites is 1. The molecule has 4 amide bonds. The van der Waals surface area contributed by atoms with Crippen molar-refractivity contribution in [1.82, 2.24) is 9.80 Å². The van der Waals surface area contributed by atoms with Gasteiger partial charge in [0.05, 0.1) is 0 Å². The van der Waals surface area contributed by atoms with E-state index in [1.165, 1.54) is 0 Å². The molecule has 0 atom stereocenters. The highest BCUT2D eigenvalue weighted by molar-refractivity contribution is 6.00. The summed E-state index contributed by atoms with van der Waals surface area (Å²) in [7, 11) is 0. The molecule has 0 radical (unpaired) electrons. The van der Waals surface area contributed by atoms with Gasteiger partial charge in [-0.15, -0.1) is 0 Å². The van der Waals surface area contributed by atoms with Crippen molar-refractivity contribution in [3.05, 3.63) is 59.7 Å². The van der Waals surface area contributed by atoms with Gasteiger partial charge in [-0.25, -0.2) is 4.79 Å². The van der Waals surface area contributed by atoms with Crippen LogP contribution in [0.2, 0.25) is 0 Å². The number of benzene rings is 2. The molecule has 0 saturated heterocycles. The van der Waals surface area contributed by atoms with Gasteiger partial charge in [0.1, 0.15) is 0 Å². The van der Waals surface area contributed by atoms with E-state index in [0.29, 0.717) is 51.9 Å². The predicted octanol–water partition coefficient (Wildman–Crippen LogP) is 4.25. The smallest absolute Gasteiger partial charge is 0.323 e. The highest BCUT2D eigenvalue weighted by Crippen LogP contribution is 2.27. The minimum absolute atomic E-state index is 0.0724. The Morgan fingerprint density at radius 3 is 2.41 bits per heavy atom. The van der Waals surface area contributed by atoms with Crippen molar-refractivity contribution in [2.45, 2.75) is 46.1 Å². The molecule has 1 aliphatic heterocycles. The Labute approximate surface area is 189 Å². The molecule has 2 aromatic carbocycles. The van der Waals surface area contributed by atoms with Gasteiger partial charge in [0.25, 0.3) is 0 Å². The van der Waals surface area contributed by atoms with E-state index in [9.17, 15) is 14.4 Å².